The molecule has 0 amide bonds. The van der Waals surface area contributed by atoms with Gasteiger partial charge in [-0.15, -0.1) is 0 Å². The molecule has 0 bridgehead atoms. The van der Waals surface area contributed by atoms with Gasteiger partial charge in [0, 0.05) is 18.0 Å². The van der Waals surface area contributed by atoms with E-state index in [0.717, 1.165) is 11.6 Å². The Morgan fingerprint density at radius 1 is 1.57 bits per heavy atom. The van der Waals surface area contributed by atoms with Crippen LogP contribution in [0, 0.1) is 0 Å². The summed E-state index contributed by atoms with van der Waals surface area (Å²) in [6.45, 7) is 0. The molecule has 0 aromatic carbocycles. The normalized spacial score (nSPS) is 20.8. The second-order valence-corrected chi connectivity index (χ2v) is 4.26. The summed E-state index contributed by atoms with van der Waals surface area (Å²) >= 11 is 1.97. The molecule has 0 saturated carbocycles. The monoisotopic (exact) mass is 211 g/mol. The lowest BCUT2D eigenvalue weighted by molar-refractivity contribution is 0.805. The first-order valence-corrected chi connectivity index (χ1v) is 5.68. The van der Waals surface area contributed by atoms with Crippen molar-refractivity contribution in [2.24, 2.45) is 5.84 Å². The Kier molecular flexibility index (Phi) is 3.05. The minimum absolute atomic E-state index is 0.445. The summed E-state index contributed by atoms with van der Waals surface area (Å²) in [6, 6.07) is 2.38. The number of nitrogens with two attached hydrogens (primary N) is 1. The predicted octanol–water partition coefficient (Wildman–Crippen LogP) is 0.680. The highest BCUT2D eigenvalue weighted by Crippen LogP contribution is 2.20. The van der Waals surface area contributed by atoms with E-state index in [1.165, 1.54) is 12.2 Å². The fourth-order valence-electron chi connectivity index (χ4n) is 1.37. The van der Waals surface area contributed by atoms with Crippen LogP contribution in [0.4, 0.5) is 11.8 Å². The maximum Gasteiger partial charge on any atom is 0.239 e. The molecule has 4 N–H and O–H groups in total. The van der Waals surface area contributed by atoms with Crippen LogP contribution in [0.3, 0.4) is 0 Å². The van der Waals surface area contributed by atoms with E-state index in [1.807, 2.05) is 17.8 Å². The molecule has 1 aromatic rings. The first kappa shape index (κ1) is 9.54. The lowest BCUT2D eigenvalue weighted by Gasteiger charge is -2.11. The third-order valence-corrected chi connectivity index (χ3v) is 3.23. The summed E-state index contributed by atoms with van der Waals surface area (Å²) in [7, 11) is 0. The van der Waals surface area contributed by atoms with Crippen molar-refractivity contribution in [3.05, 3.63) is 12.3 Å². The molecule has 1 unspecified atom stereocenters. The van der Waals surface area contributed by atoms with E-state index in [1.54, 1.807) is 6.20 Å². The van der Waals surface area contributed by atoms with Crippen molar-refractivity contribution >= 4 is 23.5 Å². The number of anilines is 2. The predicted molar refractivity (Wildman–Crippen MR) is 59.2 cm³/mol. The van der Waals surface area contributed by atoms with Gasteiger partial charge in [-0.1, -0.05) is 0 Å². The molecule has 0 aliphatic carbocycles. The Hall–Kier alpha value is -1.01. The SMILES string of the molecule is NNc1nccc(NC2CCSC2)n1. The standard InChI is InChI=1S/C8H13N5S/c9-13-8-10-3-1-7(12-8)11-6-2-4-14-5-6/h1,3,6H,2,4-5,9H2,(H2,10,11,12,13). The van der Waals surface area contributed by atoms with Gasteiger partial charge in [-0.05, 0) is 18.2 Å². The molecule has 6 heteroatoms. The molecule has 1 aliphatic heterocycles. The molecule has 5 nitrogen and oxygen atoms in total. The molecular formula is C8H13N5S. The van der Waals surface area contributed by atoms with Crippen LogP contribution < -0.4 is 16.6 Å². The van der Waals surface area contributed by atoms with Crippen LogP contribution in [-0.4, -0.2) is 27.5 Å². The van der Waals surface area contributed by atoms with Crippen molar-refractivity contribution in [1.82, 2.24) is 9.97 Å². The smallest absolute Gasteiger partial charge is 0.239 e. The lowest BCUT2D eigenvalue weighted by Crippen LogP contribution is -2.20. The average Bonchev–Trinajstić information content (AvgIpc) is 2.71. The number of hydrogen-bond acceptors (Lipinski definition) is 6. The summed E-state index contributed by atoms with van der Waals surface area (Å²) in [4.78, 5) is 8.13. The van der Waals surface area contributed by atoms with Gasteiger partial charge in [0.15, 0.2) is 0 Å². The molecule has 2 heterocycles. The molecule has 1 aliphatic rings. The van der Waals surface area contributed by atoms with E-state index < -0.39 is 0 Å². The Labute approximate surface area is 86.9 Å². The third kappa shape index (κ3) is 2.27. The van der Waals surface area contributed by atoms with Gasteiger partial charge in [-0.25, -0.2) is 10.8 Å². The van der Waals surface area contributed by atoms with Crippen LogP contribution in [0.15, 0.2) is 12.3 Å². The zero-order valence-electron chi connectivity index (χ0n) is 7.73. The summed E-state index contributed by atoms with van der Waals surface area (Å²) in [5, 5.41) is 3.35. The maximum atomic E-state index is 5.22. The van der Waals surface area contributed by atoms with Gasteiger partial charge >= 0.3 is 0 Å². The highest BCUT2D eigenvalue weighted by atomic mass is 32.2. The number of hydrazine groups is 1. The lowest BCUT2D eigenvalue weighted by atomic mass is 10.2. The van der Waals surface area contributed by atoms with Crippen molar-refractivity contribution in [3.63, 3.8) is 0 Å². The molecule has 2 rings (SSSR count). The number of nitrogen functional groups attached to an aromatic ring is 1. The largest absolute Gasteiger partial charge is 0.366 e. The Balaban J connectivity index is 2.00. The van der Waals surface area contributed by atoms with Crippen molar-refractivity contribution in [2.75, 3.05) is 22.2 Å². The Bertz CT molecular complexity index is 300. The first-order chi connectivity index (χ1) is 6.88. The number of nitrogens with one attached hydrogen (secondary N) is 2. The van der Waals surface area contributed by atoms with E-state index in [-0.39, 0.29) is 0 Å². The van der Waals surface area contributed by atoms with Crippen molar-refractivity contribution in [1.29, 1.82) is 0 Å². The number of rotatable bonds is 3. The second-order valence-electron chi connectivity index (χ2n) is 3.11. The molecule has 1 saturated heterocycles. The first-order valence-electron chi connectivity index (χ1n) is 4.52. The fourth-order valence-corrected chi connectivity index (χ4v) is 2.52. The van der Waals surface area contributed by atoms with Gasteiger partial charge in [-0.3, -0.25) is 5.43 Å². The van der Waals surface area contributed by atoms with E-state index in [4.69, 9.17) is 5.84 Å². The summed E-state index contributed by atoms with van der Waals surface area (Å²) in [5.41, 5.74) is 2.42. The van der Waals surface area contributed by atoms with Crippen molar-refractivity contribution < 1.29 is 0 Å². The van der Waals surface area contributed by atoms with Crippen molar-refractivity contribution in [3.8, 4) is 0 Å². The number of thioether (sulfide) groups is 1. The number of aromatic nitrogens is 2. The summed E-state index contributed by atoms with van der Waals surface area (Å²) in [5.74, 6) is 8.87. The zero-order valence-corrected chi connectivity index (χ0v) is 8.55. The highest BCUT2D eigenvalue weighted by Gasteiger charge is 2.15. The molecule has 1 fully saturated rings. The van der Waals surface area contributed by atoms with Gasteiger partial charge in [0.1, 0.15) is 5.82 Å². The topological polar surface area (TPSA) is 75.9 Å². The van der Waals surface area contributed by atoms with Crippen molar-refractivity contribution in [2.45, 2.75) is 12.5 Å². The zero-order chi connectivity index (χ0) is 9.80. The van der Waals surface area contributed by atoms with Gasteiger partial charge in [0.05, 0.1) is 0 Å². The summed E-state index contributed by atoms with van der Waals surface area (Å²) < 4.78 is 0. The van der Waals surface area contributed by atoms with E-state index in [9.17, 15) is 0 Å². The van der Waals surface area contributed by atoms with Gasteiger partial charge in [0.2, 0.25) is 5.95 Å². The quantitative estimate of drug-likeness (QED) is 0.504. The molecule has 14 heavy (non-hydrogen) atoms. The second kappa shape index (κ2) is 4.47. The van der Waals surface area contributed by atoms with Gasteiger partial charge in [0.25, 0.3) is 0 Å². The molecule has 1 atom stereocenters. The summed E-state index contributed by atoms with van der Waals surface area (Å²) in [6.07, 6.45) is 2.88. The number of hydrogen-bond donors (Lipinski definition) is 3. The van der Waals surface area contributed by atoms with E-state index >= 15 is 0 Å². The van der Waals surface area contributed by atoms with Crippen LogP contribution in [0.2, 0.25) is 0 Å². The Morgan fingerprint density at radius 2 is 2.50 bits per heavy atom. The molecule has 76 valence electrons. The highest BCUT2D eigenvalue weighted by molar-refractivity contribution is 7.99. The molecule has 1 aromatic heterocycles. The van der Waals surface area contributed by atoms with Crippen LogP contribution in [0.25, 0.3) is 0 Å². The minimum Gasteiger partial charge on any atom is -0.366 e. The Morgan fingerprint density at radius 3 is 3.21 bits per heavy atom. The van der Waals surface area contributed by atoms with Crippen LogP contribution >= 0.6 is 11.8 Å². The van der Waals surface area contributed by atoms with Crippen LogP contribution in [-0.2, 0) is 0 Å². The molecule has 0 spiro atoms. The van der Waals surface area contributed by atoms with Gasteiger partial charge in [-0.2, -0.15) is 16.7 Å². The molecular weight excluding hydrogens is 198 g/mol. The van der Waals surface area contributed by atoms with Crippen LogP contribution in [0.1, 0.15) is 6.42 Å². The maximum absolute atomic E-state index is 5.22. The van der Waals surface area contributed by atoms with E-state index in [2.05, 4.69) is 20.7 Å². The minimum atomic E-state index is 0.445. The third-order valence-electron chi connectivity index (χ3n) is 2.07. The van der Waals surface area contributed by atoms with Gasteiger partial charge < -0.3 is 5.32 Å². The molecule has 0 radical (unpaired) electrons. The number of nitrogens with zero attached hydrogens (tertiary/aromatic N) is 2. The fraction of sp³-hybridized carbons (Fsp3) is 0.500. The van der Waals surface area contributed by atoms with E-state index in [0.29, 0.717) is 12.0 Å². The average molecular weight is 211 g/mol. The van der Waals surface area contributed by atoms with Crippen LogP contribution in [0.5, 0.6) is 0 Å².